The molecule has 1 saturated carbocycles. The lowest BCUT2D eigenvalue weighted by Crippen LogP contribution is -2.57. The predicted octanol–water partition coefficient (Wildman–Crippen LogP) is 1.84. The van der Waals surface area contributed by atoms with Crippen molar-refractivity contribution in [3.05, 3.63) is 0 Å². The second-order valence-electron chi connectivity index (χ2n) is 5.24. The van der Waals surface area contributed by atoms with Crippen LogP contribution in [0.25, 0.3) is 0 Å². The van der Waals surface area contributed by atoms with E-state index in [1.54, 1.807) is 0 Å². The summed E-state index contributed by atoms with van der Waals surface area (Å²) in [5.41, 5.74) is 6.57. The molecule has 1 unspecified atom stereocenters. The summed E-state index contributed by atoms with van der Waals surface area (Å²) in [5.74, 6) is 0. The highest BCUT2D eigenvalue weighted by molar-refractivity contribution is 5.09. The van der Waals surface area contributed by atoms with Gasteiger partial charge >= 0.3 is 0 Å². The number of nitrogens with zero attached hydrogens (tertiary/aromatic N) is 1. The molecule has 0 amide bonds. The maximum atomic E-state index is 5.93. The van der Waals surface area contributed by atoms with Crippen LogP contribution in [0.1, 0.15) is 40.5 Å². The Balaban J connectivity index is 2.80. The van der Waals surface area contributed by atoms with Gasteiger partial charge in [0.05, 0.1) is 0 Å². The van der Waals surface area contributed by atoms with E-state index in [9.17, 15) is 0 Å². The molecular formula is C11H24N2. The zero-order chi connectivity index (χ0) is 10.3. The zero-order valence-electron chi connectivity index (χ0n) is 9.72. The molecule has 2 heteroatoms. The van der Waals surface area contributed by atoms with Crippen LogP contribution in [0.3, 0.4) is 0 Å². The summed E-state index contributed by atoms with van der Waals surface area (Å²) < 4.78 is 0. The van der Waals surface area contributed by atoms with Gasteiger partial charge in [-0.25, -0.2) is 0 Å². The molecule has 0 heterocycles. The van der Waals surface area contributed by atoms with E-state index in [1.807, 2.05) is 0 Å². The first kappa shape index (κ1) is 11.0. The fraction of sp³-hybridized carbons (Fsp3) is 1.00. The van der Waals surface area contributed by atoms with Gasteiger partial charge in [-0.2, -0.15) is 0 Å². The Labute approximate surface area is 82.5 Å². The van der Waals surface area contributed by atoms with E-state index >= 15 is 0 Å². The van der Waals surface area contributed by atoms with Crippen molar-refractivity contribution in [2.45, 2.75) is 52.1 Å². The predicted molar refractivity (Wildman–Crippen MR) is 57.7 cm³/mol. The van der Waals surface area contributed by atoms with Crippen molar-refractivity contribution in [1.29, 1.82) is 0 Å². The second kappa shape index (κ2) is 3.25. The SMILES string of the molecule is CC(C)N(C)C(C)(CN)C1(C)CC1. The molecule has 0 aromatic carbocycles. The van der Waals surface area contributed by atoms with Crippen LogP contribution >= 0.6 is 0 Å². The smallest absolute Gasteiger partial charge is 0.0356 e. The second-order valence-corrected chi connectivity index (χ2v) is 5.24. The molecule has 1 fully saturated rings. The highest BCUT2D eigenvalue weighted by atomic mass is 15.2. The van der Waals surface area contributed by atoms with E-state index in [0.717, 1.165) is 6.54 Å². The van der Waals surface area contributed by atoms with Gasteiger partial charge in [0, 0.05) is 18.1 Å². The summed E-state index contributed by atoms with van der Waals surface area (Å²) in [6, 6.07) is 0.575. The minimum atomic E-state index is 0.182. The minimum absolute atomic E-state index is 0.182. The zero-order valence-corrected chi connectivity index (χ0v) is 9.72. The Morgan fingerprint density at radius 1 is 1.46 bits per heavy atom. The van der Waals surface area contributed by atoms with Crippen LogP contribution in [0, 0.1) is 5.41 Å². The highest BCUT2D eigenvalue weighted by Gasteiger charge is 2.54. The number of hydrogen-bond donors (Lipinski definition) is 1. The van der Waals surface area contributed by atoms with Crippen molar-refractivity contribution in [1.82, 2.24) is 4.90 Å². The van der Waals surface area contributed by atoms with Crippen molar-refractivity contribution < 1.29 is 0 Å². The third-order valence-electron chi connectivity index (χ3n) is 4.25. The summed E-state index contributed by atoms with van der Waals surface area (Å²) in [4.78, 5) is 2.43. The molecule has 0 saturated heterocycles. The molecule has 13 heavy (non-hydrogen) atoms. The Kier molecular flexibility index (Phi) is 2.75. The number of nitrogens with two attached hydrogens (primary N) is 1. The molecule has 0 aliphatic heterocycles. The molecule has 0 aromatic rings. The van der Waals surface area contributed by atoms with E-state index in [1.165, 1.54) is 12.8 Å². The summed E-state index contributed by atoms with van der Waals surface area (Å²) in [6.45, 7) is 9.90. The average Bonchev–Trinajstić information content (AvgIpc) is 2.82. The molecule has 0 bridgehead atoms. The molecule has 1 aliphatic carbocycles. The third-order valence-corrected chi connectivity index (χ3v) is 4.25. The summed E-state index contributed by atoms with van der Waals surface area (Å²) in [6.07, 6.45) is 2.66. The molecule has 2 N–H and O–H groups in total. The molecular weight excluding hydrogens is 160 g/mol. The van der Waals surface area contributed by atoms with E-state index in [4.69, 9.17) is 5.73 Å². The van der Waals surface area contributed by atoms with Crippen LogP contribution in [-0.4, -0.2) is 30.1 Å². The highest BCUT2D eigenvalue weighted by Crippen LogP contribution is 2.55. The summed E-state index contributed by atoms with van der Waals surface area (Å²) in [5, 5.41) is 0. The van der Waals surface area contributed by atoms with Crippen LogP contribution in [0.2, 0.25) is 0 Å². The Bertz CT molecular complexity index is 185. The first-order valence-corrected chi connectivity index (χ1v) is 5.30. The van der Waals surface area contributed by atoms with Crippen LogP contribution in [-0.2, 0) is 0 Å². The quantitative estimate of drug-likeness (QED) is 0.722. The van der Waals surface area contributed by atoms with Crippen LogP contribution in [0.5, 0.6) is 0 Å². The fourth-order valence-corrected chi connectivity index (χ4v) is 2.11. The Morgan fingerprint density at radius 2 is 1.92 bits per heavy atom. The van der Waals surface area contributed by atoms with Gasteiger partial charge in [-0.3, -0.25) is 4.90 Å². The number of hydrogen-bond acceptors (Lipinski definition) is 2. The number of likely N-dealkylation sites (N-methyl/N-ethyl adjacent to an activating group) is 1. The average molecular weight is 184 g/mol. The molecule has 78 valence electrons. The lowest BCUT2D eigenvalue weighted by atomic mass is 9.81. The molecule has 1 aliphatic rings. The molecule has 0 radical (unpaired) electrons. The van der Waals surface area contributed by atoms with E-state index in [0.29, 0.717) is 11.5 Å². The molecule has 2 nitrogen and oxygen atoms in total. The van der Waals surface area contributed by atoms with Gasteiger partial charge in [0.15, 0.2) is 0 Å². The van der Waals surface area contributed by atoms with E-state index < -0.39 is 0 Å². The lowest BCUT2D eigenvalue weighted by molar-refractivity contribution is 0.0465. The van der Waals surface area contributed by atoms with Gasteiger partial charge in [0.25, 0.3) is 0 Å². The Morgan fingerprint density at radius 3 is 2.15 bits per heavy atom. The normalized spacial score (nSPS) is 24.9. The van der Waals surface area contributed by atoms with Gasteiger partial charge in [-0.05, 0) is 46.1 Å². The summed E-state index contributed by atoms with van der Waals surface area (Å²) in [7, 11) is 2.20. The van der Waals surface area contributed by atoms with Crippen molar-refractivity contribution in [2.24, 2.45) is 11.1 Å². The molecule has 1 atom stereocenters. The fourth-order valence-electron chi connectivity index (χ4n) is 2.11. The van der Waals surface area contributed by atoms with Crippen molar-refractivity contribution in [3.8, 4) is 0 Å². The van der Waals surface area contributed by atoms with Crippen molar-refractivity contribution in [3.63, 3.8) is 0 Å². The molecule has 0 aromatic heterocycles. The first-order valence-electron chi connectivity index (χ1n) is 5.30. The minimum Gasteiger partial charge on any atom is -0.329 e. The van der Waals surface area contributed by atoms with Gasteiger partial charge < -0.3 is 5.73 Å². The number of rotatable bonds is 4. The van der Waals surface area contributed by atoms with Gasteiger partial charge in [-0.1, -0.05) is 6.92 Å². The van der Waals surface area contributed by atoms with Crippen LogP contribution in [0.4, 0.5) is 0 Å². The topological polar surface area (TPSA) is 29.3 Å². The van der Waals surface area contributed by atoms with Crippen molar-refractivity contribution in [2.75, 3.05) is 13.6 Å². The molecule has 1 rings (SSSR count). The van der Waals surface area contributed by atoms with Crippen LogP contribution < -0.4 is 5.73 Å². The Hall–Kier alpha value is -0.0800. The van der Waals surface area contributed by atoms with Gasteiger partial charge in [0.2, 0.25) is 0 Å². The molecule has 0 spiro atoms. The van der Waals surface area contributed by atoms with E-state index in [-0.39, 0.29) is 5.54 Å². The van der Waals surface area contributed by atoms with E-state index in [2.05, 4.69) is 39.6 Å². The lowest BCUT2D eigenvalue weighted by Gasteiger charge is -2.45. The monoisotopic (exact) mass is 184 g/mol. The largest absolute Gasteiger partial charge is 0.329 e. The first-order chi connectivity index (χ1) is 5.87. The van der Waals surface area contributed by atoms with Gasteiger partial charge in [-0.15, -0.1) is 0 Å². The van der Waals surface area contributed by atoms with Crippen LogP contribution in [0.15, 0.2) is 0 Å². The third kappa shape index (κ3) is 1.62. The van der Waals surface area contributed by atoms with Crippen molar-refractivity contribution >= 4 is 0 Å². The maximum absolute atomic E-state index is 5.93. The standard InChI is InChI=1S/C11H24N2/c1-9(2)13(5)11(4,8-12)10(3)6-7-10/h9H,6-8,12H2,1-5H3. The summed E-state index contributed by atoms with van der Waals surface area (Å²) >= 11 is 0. The maximum Gasteiger partial charge on any atom is 0.0356 e. The van der Waals surface area contributed by atoms with Gasteiger partial charge in [0.1, 0.15) is 0 Å².